The average molecular weight is 306 g/mol. The molecule has 5 atom stereocenters. The molecule has 5 unspecified atom stereocenters. The van der Waals surface area contributed by atoms with Crippen LogP contribution in [-0.2, 0) is 9.84 Å². The third kappa shape index (κ3) is 3.51. The van der Waals surface area contributed by atoms with Crippen molar-refractivity contribution in [3.63, 3.8) is 0 Å². The highest BCUT2D eigenvalue weighted by Crippen LogP contribution is 2.30. The summed E-state index contributed by atoms with van der Waals surface area (Å²) in [6.45, 7) is 7.25. The zero-order chi connectivity index (χ0) is 15.1. The summed E-state index contributed by atoms with van der Waals surface area (Å²) in [4.78, 5) is 4.22. The van der Waals surface area contributed by atoms with E-state index in [9.17, 15) is 18.6 Å². The maximum Gasteiger partial charge on any atom is 0.153 e. The Bertz CT molecular complexity index is 438. The molecule has 0 amide bonds. The van der Waals surface area contributed by atoms with Gasteiger partial charge in [0.1, 0.15) is 0 Å². The van der Waals surface area contributed by atoms with Crippen molar-refractivity contribution in [3.8, 4) is 0 Å². The fraction of sp³-hybridized carbons (Fsp3) is 1.00. The normalized spacial score (nSPS) is 37.5. The van der Waals surface area contributed by atoms with Crippen molar-refractivity contribution in [3.05, 3.63) is 0 Å². The molecule has 0 bridgehead atoms. The summed E-state index contributed by atoms with van der Waals surface area (Å²) >= 11 is 0. The minimum Gasteiger partial charge on any atom is -0.392 e. The zero-order valence-corrected chi connectivity index (χ0v) is 13.3. The van der Waals surface area contributed by atoms with E-state index in [1.165, 1.54) is 0 Å². The number of β-amino-alcohol motifs (C(OH)–C–C–N with tert-alkyl or cyclic N) is 2. The van der Waals surface area contributed by atoms with Crippen molar-refractivity contribution in [2.45, 2.75) is 51.1 Å². The molecule has 0 saturated carbocycles. The molecule has 0 aromatic heterocycles. The van der Waals surface area contributed by atoms with E-state index in [1.54, 1.807) is 13.8 Å². The minimum atomic E-state index is -3.04. The maximum absolute atomic E-state index is 12.0. The van der Waals surface area contributed by atoms with Crippen LogP contribution in [0.2, 0.25) is 0 Å². The molecular formula is C13H26N2O4S. The van der Waals surface area contributed by atoms with Crippen LogP contribution in [0.15, 0.2) is 0 Å². The van der Waals surface area contributed by atoms with Gasteiger partial charge in [0.25, 0.3) is 0 Å². The molecule has 0 aromatic carbocycles. The lowest BCUT2D eigenvalue weighted by Crippen LogP contribution is -2.64. The van der Waals surface area contributed by atoms with Gasteiger partial charge in [-0.1, -0.05) is 0 Å². The zero-order valence-electron chi connectivity index (χ0n) is 12.4. The molecule has 2 fully saturated rings. The van der Waals surface area contributed by atoms with Gasteiger partial charge in [-0.3, -0.25) is 9.80 Å². The molecule has 2 rings (SSSR count). The fourth-order valence-electron chi connectivity index (χ4n) is 3.55. The second kappa shape index (κ2) is 5.88. The largest absolute Gasteiger partial charge is 0.392 e. The molecule has 0 spiro atoms. The number of piperazine rings is 1. The Morgan fingerprint density at radius 1 is 1.10 bits per heavy atom. The highest BCUT2D eigenvalue weighted by atomic mass is 32.2. The average Bonchev–Trinajstić information content (AvgIpc) is 2.59. The first-order valence-electron chi connectivity index (χ1n) is 7.26. The van der Waals surface area contributed by atoms with Gasteiger partial charge < -0.3 is 10.2 Å². The summed E-state index contributed by atoms with van der Waals surface area (Å²) in [5.41, 5.74) is 0. The molecule has 0 aliphatic carbocycles. The Hall–Kier alpha value is -0.210. The first-order valence-corrected chi connectivity index (χ1v) is 9.08. The van der Waals surface area contributed by atoms with Gasteiger partial charge in [0, 0.05) is 37.8 Å². The summed E-state index contributed by atoms with van der Waals surface area (Å²) in [6, 6.07) is 0.0412. The summed E-state index contributed by atoms with van der Waals surface area (Å²) in [5.74, 6) is 0.318. The summed E-state index contributed by atoms with van der Waals surface area (Å²) in [7, 11) is -3.04. The van der Waals surface area contributed by atoms with Crippen LogP contribution in [0.25, 0.3) is 0 Å². The van der Waals surface area contributed by atoms with Crippen LogP contribution < -0.4 is 0 Å². The molecule has 2 N–H and O–H groups in total. The van der Waals surface area contributed by atoms with E-state index in [2.05, 4.69) is 16.7 Å². The van der Waals surface area contributed by atoms with Gasteiger partial charge in [-0.05, 0) is 20.8 Å². The molecule has 0 aromatic rings. The number of hydrogen-bond acceptors (Lipinski definition) is 6. The maximum atomic E-state index is 12.0. The van der Waals surface area contributed by atoms with E-state index in [-0.39, 0.29) is 29.6 Å². The summed E-state index contributed by atoms with van der Waals surface area (Å²) < 4.78 is 24.0. The predicted octanol–water partition coefficient (Wildman–Crippen LogP) is -1.08. The lowest BCUT2D eigenvalue weighted by molar-refractivity contribution is -0.0288. The number of hydrogen-bond donors (Lipinski definition) is 2. The van der Waals surface area contributed by atoms with Crippen molar-refractivity contribution >= 4 is 9.84 Å². The van der Waals surface area contributed by atoms with E-state index in [1.807, 2.05) is 0 Å². The Morgan fingerprint density at radius 3 is 2.20 bits per heavy atom. The quantitative estimate of drug-likeness (QED) is 0.688. The van der Waals surface area contributed by atoms with Gasteiger partial charge in [0.05, 0.1) is 23.7 Å². The summed E-state index contributed by atoms with van der Waals surface area (Å²) in [5, 5.41) is 19.2. The number of nitrogens with zero attached hydrogens (tertiary/aromatic N) is 2. The van der Waals surface area contributed by atoms with Gasteiger partial charge in [-0.25, -0.2) is 8.42 Å². The van der Waals surface area contributed by atoms with E-state index >= 15 is 0 Å². The molecule has 2 saturated heterocycles. The lowest BCUT2D eigenvalue weighted by atomic mass is 9.99. The topological polar surface area (TPSA) is 81.1 Å². The Morgan fingerprint density at radius 2 is 1.65 bits per heavy atom. The molecular weight excluding hydrogens is 280 g/mol. The molecule has 2 aliphatic rings. The van der Waals surface area contributed by atoms with E-state index in [4.69, 9.17) is 0 Å². The second-order valence-electron chi connectivity index (χ2n) is 6.41. The van der Waals surface area contributed by atoms with Gasteiger partial charge in [0.15, 0.2) is 9.84 Å². The second-order valence-corrected chi connectivity index (χ2v) is 8.56. The third-order valence-electron chi connectivity index (χ3n) is 4.23. The summed E-state index contributed by atoms with van der Waals surface area (Å²) in [6.07, 6.45) is -0.931. The Balaban J connectivity index is 2.22. The minimum absolute atomic E-state index is 0.0652. The van der Waals surface area contributed by atoms with Crippen molar-refractivity contribution in [1.29, 1.82) is 0 Å². The van der Waals surface area contributed by atoms with Crippen LogP contribution in [0.1, 0.15) is 20.8 Å². The van der Waals surface area contributed by atoms with Crippen molar-refractivity contribution in [2.75, 3.05) is 31.1 Å². The number of sulfone groups is 1. The smallest absolute Gasteiger partial charge is 0.153 e. The molecule has 118 valence electrons. The molecule has 7 heteroatoms. The molecule has 2 aliphatic heterocycles. The van der Waals surface area contributed by atoms with Gasteiger partial charge in [0.2, 0.25) is 0 Å². The van der Waals surface area contributed by atoms with Crippen molar-refractivity contribution in [1.82, 2.24) is 9.80 Å². The Labute approximate surface area is 121 Å². The van der Waals surface area contributed by atoms with Crippen molar-refractivity contribution < 1.29 is 18.6 Å². The monoisotopic (exact) mass is 306 g/mol. The third-order valence-corrected chi connectivity index (χ3v) is 5.93. The van der Waals surface area contributed by atoms with Crippen LogP contribution in [0.5, 0.6) is 0 Å². The van der Waals surface area contributed by atoms with Crippen LogP contribution in [-0.4, -0.2) is 89.9 Å². The molecule has 6 nitrogen and oxygen atoms in total. The number of rotatable bonds is 4. The van der Waals surface area contributed by atoms with E-state index < -0.39 is 22.0 Å². The number of aliphatic hydroxyl groups excluding tert-OH is 2. The van der Waals surface area contributed by atoms with Crippen LogP contribution in [0, 0.1) is 0 Å². The molecule has 20 heavy (non-hydrogen) atoms. The van der Waals surface area contributed by atoms with Crippen LogP contribution in [0.4, 0.5) is 0 Å². The lowest BCUT2D eigenvalue weighted by Gasteiger charge is -2.48. The standard InChI is InChI=1S/C13H26N2O4S/c1-9-4-14(5-10(2)16)12-7-20(18,19)8-13(12)15(9)6-11(3)17/h9-13,16-17H,4-8H2,1-3H3. The molecule has 2 heterocycles. The first-order chi connectivity index (χ1) is 9.19. The van der Waals surface area contributed by atoms with Gasteiger partial charge in [-0.15, -0.1) is 0 Å². The number of fused-ring (bicyclic) bond motifs is 1. The predicted molar refractivity (Wildman–Crippen MR) is 77.3 cm³/mol. The highest BCUT2D eigenvalue weighted by Gasteiger charge is 2.48. The van der Waals surface area contributed by atoms with Gasteiger partial charge in [-0.2, -0.15) is 0 Å². The van der Waals surface area contributed by atoms with E-state index in [0.717, 1.165) is 6.54 Å². The van der Waals surface area contributed by atoms with Crippen molar-refractivity contribution in [2.24, 2.45) is 0 Å². The van der Waals surface area contributed by atoms with E-state index in [0.29, 0.717) is 13.1 Å². The number of aliphatic hydroxyl groups is 2. The fourth-order valence-corrected chi connectivity index (χ4v) is 5.58. The van der Waals surface area contributed by atoms with Crippen LogP contribution in [0.3, 0.4) is 0 Å². The Kier molecular flexibility index (Phi) is 4.76. The van der Waals surface area contributed by atoms with Gasteiger partial charge >= 0.3 is 0 Å². The SMILES string of the molecule is CC(O)CN1CC(C)N(CC(C)O)C2CS(=O)(=O)CC21. The highest BCUT2D eigenvalue weighted by molar-refractivity contribution is 7.91. The first kappa shape index (κ1) is 16.2. The molecule has 0 radical (unpaired) electrons. The van der Waals surface area contributed by atoms with Crippen LogP contribution >= 0.6 is 0 Å².